The molecule has 0 radical (unpaired) electrons. The highest BCUT2D eigenvalue weighted by Gasteiger charge is 2.27. The molecule has 1 aliphatic carbocycles. The lowest BCUT2D eigenvalue weighted by molar-refractivity contribution is 0.304. The zero-order valence-corrected chi connectivity index (χ0v) is 8.84. The molecular weight excluding hydrogens is 190 g/mol. The van der Waals surface area contributed by atoms with Gasteiger partial charge in [0.2, 0.25) is 0 Å². The number of rotatable bonds is 4. The third-order valence-electron chi connectivity index (χ3n) is 2.78. The van der Waals surface area contributed by atoms with Crippen LogP contribution in [0.15, 0.2) is 0 Å². The monoisotopic (exact) mass is 207 g/mol. The number of hydrogen-bond acceptors (Lipinski definition) is 3. The Morgan fingerprint density at radius 2 is 1.92 bits per heavy atom. The van der Waals surface area contributed by atoms with E-state index in [1.165, 1.54) is 13.3 Å². The maximum absolute atomic E-state index is 10.8. The van der Waals surface area contributed by atoms with E-state index < -0.39 is 15.4 Å². The SMILES string of the molecule is CC(NC1CCC1)C(C)S(=O)(=O)O. The van der Waals surface area contributed by atoms with E-state index in [4.69, 9.17) is 4.55 Å². The molecule has 2 atom stereocenters. The highest BCUT2D eigenvalue weighted by atomic mass is 32.2. The molecule has 0 aromatic rings. The van der Waals surface area contributed by atoms with Crippen LogP contribution in [0.3, 0.4) is 0 Å². The second-order valence-electron chi connectivity index (χ2n) is 3.80. The second kappa shape index (κ2) is 3.94. The molecule has 1 fully saturated rings. The van der Waals surface area contributed by atoms with Gasteiger partial charge in [-0.25, -0.2) is 0 Å². The Kier molecular flexibility index (Phi) is 3.32. The first kappa shape index (κ1) is 10.9. The Bertz CT molecular complexity index is 259. The van der Waals surface area contributed by atoms with Crippen molar-refractivity contribution in [3.8, 4) is 0 Å². The smallest absolute Gasteiger partial charge is 0.269 e. The molecule has 78 valence electrons. The first-order valence-electron chi connectivity index (χ1n) is 4.63. The zero-order chi connectivity index (χ0) is 10.1. The van der Waals surface area contributed by atoms with E-state index >= 15 is 0 Å². The summed E-state index contributed by atoms with van der Waals surface area (Å²) in [6.45, 7) is 3.31. The minimum atomic E-state index is -3.89. The molecule has 1 saturated carbocycles. The van der Waals surface area contributed by atoms with Crippen LogP contribution in [0, 0.1) is 0 Å². The van der Waals surface area contributed by atoms with Crippen LogP contribution in [0.4, 0.5) is 0 Å². The van der Waals surface area contributed by atoms with Crippen molar-refractivity contribution in [3.05, 3.63) is 0 Å². The first-order chi connectivity index (χ1) is 5.91. The molecule has 0 heterocycles. The van der Waals surface area contributed by atoms with E-state index in [-0.39, 0.29) is 6.04 Å². The van der Waals surface area contributed by atoms with Gasteiger partial charge >= 0.3 is 0 Å². The molecule has 4 nitrogen and oxygen atoms in total. The maximum atomic E-state index is 10.8. The number of nitrogens with one attached hydrogen (secondary N) is 1. The summed E-state index contributed by atoms with van der Waals surface area (Å²) in [5.74, 6) is 0. The maximum Gasteiger partial charge on any atom is 0.269 e. The van der Waals surface area contributed by atoms with Crippen LogP contribution in [0.2, 0.25) is 0 Å². The standard InChI is InChI=1S/C8H17NO3S/c1-6(7(2)13(10,11)12)9-8-4-3-5-8/h6-9H,3-5H2,1-2H3,(H,10,11,12). The molecule has 1 rings (SSSR count). The molecule has 2 N–H and O–H groups in total. The molecule has 0 aromatic carbocycles. The van der Waals surface area contributed by atoms with Gasteiger partial charge in [0, 0.05) is 12.1 Å². The highest BCUT2D eigenvalue weighted by molar-refractivity contribution is 7.86. The van der Waals surface area contributed by atoms with Crippen LogP contribution in [0.1, 0.15) is 33.1 Å². The van der Waals surface area contributed by atoms with E-state index in [2.05, 4.69) is 5.32 Å². The lowest BCUT2D eigenvalue weighted by Gasteiger charge is -2.31. The lowest BCUT2D eigenvalue weighted by atomic mass is 9.92. The van der Waals surface area contributed by atoms with Gasteiger partial charge < -0.3 is 5.32 Å². The summed E-state index contributed by atoms with van der Waals surface area (Å²) < 4.78 is 30.3. The molecule has 1 aliphatic rings. The predicted molar refractivity (Wildman–Crippen MR) is 51.2 cm³/mol. The van der Waals surface area contributed by atoms with Crippen molar-refractivity contribution in [3.63, 3.8) is 0 Å². The average molecular weight is 207 g/mol. The number of hydrogen-bond donors (Lipinski definition) is 2. The first-order valence-corrected chi connectivity index (χ1v) is 6.14. The summed E-state index contributed by atoms with van der Waals surface area (Å²) >= 11 is 0. The van der Waals surface area contributed by atoms with Crippen molar-refractivity contribution in [2.75, 3.05) is 0 Å². The van der Waals surface area contributed by atoms with Gasteiger partial charge in [-0.1, -0.05) is 6.42 Å². The van der Waals surface area contributed by atoms with Gasteiger partial charge in [0.15, 0.2) is 0 Å². The van der Waals surface area contributed by atoms with Gasteiger partial charge in [-0.2, -0.15) is 8.42 Å². The second-order valence-corrected chi connectivity index (χ2v) is 5.58. The molecular formula is C8H17NO3S. The molecule has 0 bridgehead atoms. The van der Waals surface area contributed by atoms with Crippen molar-refractivity contribution in [2.24, 2.45) is 0 Å². The van der Waals surface area contributed by atoms with Gasteiger partial charge in [0.1, 0.15) is 0 Å². The highest BCUT2D eigenvalue weighted by Crippen LogP contribution is 2.19. The minimum Gasteiger partial charge on any atom is -0.310 e. The summed E-state index contributed by atoms with van der Waals surface area (Å²) in [7, 11) is -3.89. The Labute approximate surface area is 79.5 Å². The van der Waals surface area contributed by atoms with E-state index in [9.17, 15) is 8.42 Å². The van der Waals surface area contributed by atoms with Crippen molar-refractivity contribution in [1.29, 1.82) is 0 Å². The quantitative estimate of drug-likeness (QED) is 0.669. The van der Waals surface area contributed by atoms with Gasteiger partial charge in [0.25, 0.3) is 10.1 Å². The van der Waals surface area contributed by atoms with Crippen molar-refractivity contribution in [2.45, 2.75) is 50.4 Å². The Morgan fingerprint density at radius 1 is 1.38 bits per heavy atom. The van der Waals surface area contributed by atoms with E-state index in [1.807, 2.05) is 0 Å². The van der Waals surface area contributed by atoms with Crippen LogP contribution in [-0.2, 0) is 10.1 Å². The topological polar surface area (TPSA) is 66.4 Å². The van der Waals surface area contributed by atoms with E-state index in [0.29, 0.717) is 6.04 Å². The molecule has 2 unspecified atom stereocenters. The van der Waals surface area contributed by atoms with Crippen LogP contribution in [-0.4, -0.2) is 30.3 Å². The zero-order valence-electron chi connectivity index (χ0n) is 8.03. The summed E-state index contributed by atoms with van der Waals surface area (Å²) in [6, 6.07) is 0.263. The Balaban J connectivity index is 2.41. The van der Waals surface area contributed by atoms with Crippen LogP contribution >= 0.6 is 0 Å². The van der Waals surface area contributed by atoms with E-state index in [1.54, 1.807) is 6.92 Å². The third kappa shape index (κ3) is 2.93. The fourth-order valence-electron chi connectivity index (χ4n) is 1.34. The Morgan fingerprint density at radius 3 is 2.23 bits per heavy atom. The predicted octanol–water partition coefficient (Wildman–Crippen LogP) is 0.793. The molecule has 0 amide bonds. The Hall–Kier alpha value is -0.130. The van der Waals surface area contributed by atoms with Crippen molar-refractivity contribution >= 4 is 10.1 Å². The van der Waals surface area contributed by atoms with Crippen molar-refractivity contribution < 1.29 is 13.0 Å². The van der Waals surface area contributed by atoms with Gasteiger partial charge in [-0.15, -0.1) is 0 Å². The lowest BCUT2D eigenvalue weighted by Crippen LogP contribution is -2.47. The van der Waals surface area contributed by atoms with Crippen LogP contribution in [0.25, 0.3) is 0 Å². The van der Waals surface area contributed by atoms with Gasteiger partial charge in [-0.3, -0.25) is 4.55 Å². The largest absolute Gasteiger partial charge is 0.310 e. The normalized spacial score (nSPS) is 23.6. The van der Waals surface area contributed by atoms with Gasteiger partial charge in [-0.05, 0) is 26.7 Å². The fraction of sp³-hybridized carbons (Fsp3) is 1.00. The fourth-order valence-corrected chi connectivity index (χ4v) is 1.93. The van der Waals surface area contributed by atoms with E-state index in [0.717, 1.165) is 12.8 Å². The summed E-state index contributed by atoms with van der Waals surface area (Å²) in [6.07, 6.45) is 3.44. The molecule has 0 spiro atoms. The van der Waals surface area contributed by atoms with Crippen LogP contribution in [0.5, 0.6) is 0 Å². The molecule has 5 heteroatoms. The summed E-state index contributed by atoms with van der Waals surface area (Å²) in [4.78, 5) is 0. The third-order valence-corrected chi connectivity index (χ3v) is 4.13. The van der Waals surface area contributed by atoms with Gasteiger partial charge in [0.05, 0.1) is 5.25 Å². The summed E-state index contributed by atoms with van der Waals surface area (Å²) in [5, 5.41) is 2.45. The minimum absolute atomic E-state index is 0.180. The molecule has 0 saturated heterocycles. The molecule has 0 aromatic heterocycles. The van der Waals surface area contributed by atoms with Crippen molar-refractivity contribution in [1.82, 2.24) is 5.32 Å². The summed E-state index contributed by atoms with van der Waals surface area (Å²) in [5.41, 5.74) is 0. The van der Waals surface area contributed by atoms with Crippen LogP contribution < -0.4 is 5.32 Å². The molecule has 0 aliphatic heterocycles. The molecule has 13 heavy (non-hydrogen) atoms. The average Bonchev–Trinajstić information content (AvgIpc) is 1.93.